The van der Waals surface area contributed by atoms with Gasteiger partial charge in [-0.3, -0.25) is 14.8 Å². The third-order valence-electron chi connectivity index (χ3n) is 4.63. The van der Waals surface area contributed by atoms with Crippen LogP contribution in [0, 0.1) is 5.82 Å². The predicted octanol–water partition coefficient (Wildman–Crippen LogP) is 2.50. The molecule has 1 fully saturated rings. The summed E-state index contributed by atoms with van der Waals surface area (Å²) in [6.07, 6.45) is 3.25. The predicted molar refractivity (Wildman–Crippen MR) is 100 cm³/mol. The number of ether oxygens (including phenoxy) is 1. The molecule has 3 aromatic rings. The second-order valence-corrected chi connectivity index (χ2v) is 6.31. The largest absolute Gasteiger partial charge is 0.484 e. The van der Waals surface area contributed by atoms with Gasteiger partial charge in [-0.05, 0) is 24.3 Å². The van der Waals surface area contributed by atoms with E-state index in [1.54, 1.807) is 41.6 Å². The first-order chi connectivity index (χ1) is 13.2. The molecule has 1 saturated heterocycles. The zero-order valence-electron chi connectivity index (χ0n) is 14.7. The molecule has 27 heavy (non-hydrogen) atoms. The van der Waals surface area contributed by atoms with Crippen molar-refractivity contribution in [2.45, 2.75) is 0 Å². The fourth-order valence-corrected chi connectivity index (χ4v) is 3.17. The summed E-state index contributed by atoms with van der Waals surface area (Å²) in [5.74, 6) is 0.267. The molecule has 1 aliphatic heterocycles. The Morgan fingerprint density at radius 1 is 1.00 bits per heavy atom. The Bertz CT molecular complexity index is 957. The molecule has 7 heteroatoms. The Morgan fingerprint density at radius 2 is 1.74 bits per heavy atom. The van der Waals surface area contributed by atoms with Gasteiger partial charge in [-0.25, -0.2) is 4.39 Å². The molecule has 2 aromatic carbocycles. The Morgan fingerprint density at radius 3 is 2.52 bits per heavy atom. The van der Waals surface area contributed by atoms with Crippen molar-refractivity contribution in [2.75, 3.05) is 37.7 Å². The Balaban J connectivity index is 1.32. The number of piperazine rings is 1. The molecular weight excluding hydrogens is 347 g/mol. The molecule has 0 bridgehead atoms. The molecule has 138 valence electrons. The molecule has 0 N–H and O–H groups in total. The maximum absolute atomic E-state index is 13.9. The smallest absolute Gasteiger partial charge is 0.260 e. The van der Waals surface area contributed by atoms with E-state index < -0.39 is 0 Å². The van der Waals surface area contributed by atoms with E-state index in [0.29, 0.717) is 37.6 Å². The zero-order chi connectivity index (χ0) is 18.6. The molecular formula is C20H19FN4O2. The summed E-state index contributed by atoms with van der Waals surface area (Å²) in [7, 11) is 0. The van der Waals surface area contributed by atoms with Crippen molar-refractivity contribution >= 4 is 22.6 Å². The number of hydrogen-bond acceptors (Lipinski definition) is 5. The highest BCUT2D eigenvalue weighted by molar-refractivity contribution is 5.79. The summed E-state index contributed by atoms with van der Waals surface area (Å²) < 4.78 is 19.5. The van der Waals surface area contributed by atoms with Crippen LogP contribution >= 0.6 is 0 Å². The summed E-state index contributed by atoms with van der Waals surface area (Å²) >= 11 is 0. The lowest BCUT2D eigenvalue weighted by atomic mass is 10.2. The molecule has 0 atom stereocenters. The highest BCUT2D eigenvalue weighted by Crippen LogP contribution is 2.20. The van der Waals surface area contributed by atoms with Crippen LogP contribution in [-0.2, 0) is 4.79 Å². The van der Waals surface area contributed by atoms with Crippen molar-refractivity contribution in [3.63, 3.8) is 0 Å². The number of para-hydroxylation sites is 1. The Labute approximate surface area is 156 Å². The summed E-state index contributed by atoms with van der Waals surface area (Å²) in [5, 5.41) is 0. The van der Waals surface area contributed by atoms with Crippen molar-refractivity contribution in [1.82, 2.24) is 14.9 Å². The van der Waals surface area contributed by atoms with Gasteiger partial charge in [0.15, 0.2) is 6.61 Å². The van der Waals surface area contributed by atoms with Gasteiger partial charge >= 0.3 is 0 Å². The van der Waals surface area contributed by atoms with Gasteiger partial charge < -0.3 is 14.5 Å². The van der Waals surface area contributed by atoms with Gasteiger partial charge in [0.2, 0.25) is 0 Å². The number of amides is 1. The Hall–Kier alpha value is -3.22. The van der Waals surface area contributed by atoms with Crippen LogP contribution in [0.4, 0.5) is 10.1 Å². The first-order valence-corrected chi connectivity index (χ1v) is 8.81. The summed E-state index contributed by atoms with van der Waals surface area (Å²) in [4.78, 5) is 24.6. The molecule has 1 aliphatic rings. The van der Waals surface area contributed by atoms with Crippen molar-refractivity contribution < 1.29 is 13.9 Å². The second kappa shape index (κ2) is 7.57. The van der Waals surface area contributed by atoms with Crippen LogP contribution in [0.25, 0.3) is 11.0 Å². The first-order valence-electron chi connectivity index (χ1n) is 8.81. The average Bonchev–Trinajstić information content (AvgIpc) is 2.72. The number of anilines is 1. The third-order valence-corrected chi connectivity index (χ3v) is 4.63. The first kappa shape index (κ1) is 17.2. The van der Waals surface area contributed by atoms with Crippen LogP contribution < -0.4 is 9.64 Å². The van der Waals surface area contributed by atoms with Gasteiger partial charge in [-0.2, -0.15) is 0 Å². The lowest BCUT2D eigenvalue weighted by Gasteiger charge is -2.36. The maximum atomic E-state index is 13.9. The number of aromatic nitrogens is 2. The Kier molecular flexibility index (Phi) is 4.82. The topological polar surface area (TPSA) is 58.6 Å². The van der Waals surface area contributed by atoms with Crippen LogP contribution in [0.2, 0.25) is 0 Å². The lowest BCUT2D eigenvalue weighted by Crippen LogP contribution is -2.50. The van der Waals surface area contributed by atoms with Gasteiger partial charge in [0.1, 0.15) is 11.6 Å². The van der Waals surface area contributed by atoms with Gasteiger partial charge in [0.25, 0.3) is 5.91 Å². The fraction of sp³-hybridized carbons (Fsp3) is 0.250. The van der Waals surface area contributed by atoms with Crippen LogP contribution in [0.1, 0.15) is 0 Å². The molecule has 0 radical (unpaired) electrons. The summed E-state index contributed by atoms with van der Waals surface area (Å²) in [6.45, 7) is 2.24. The number of carbonyl (C=O) groups excluding carboxylic acids is 1. The fourth-order valence-electron chi connectivity index (χ4n) is 3.17. The highest BCUT2D eigenvalue weighted by Gasteiger charge is 2.22. The monoisotopic (exact) mass is 366 g/mol. The van der Waals surface area contributed by atoms with Crippen molar-refractivity contribution in [1.29, 1.82) is 0 Å². The van der Waals surface area contributed by atoms with Gasteiger partial charge in [-0.1, -0.05) is 12.1 Å². The second-order valence-electron chi connectivity index (χ2n) is 6.31. The number of fused-ring (bicyclic) bond motifs is 1. The van der Waals surface area contributed by atoms with Crippen LogP contribution in [0.15, 0.2) is 54.9 Å². The van der Waals surface area contributed by atoms with E-state index in [4.69, 9.17) is 4.74 Å². The van der Waals surface area contributed by atoms with Gasteiger partial charge in [0.05, 0.1) is 16.7 Å². The van der Waals surface area contributed by atoms with Gasteiger partial charge in [-0.15, -0.1) is 0 Å². The molecule has 1 aromatic heterocycles. The van der Waals surface area contributed by atoms with Crippen LogP contribution in [0.5, 0.6) is 5.75 Å². The van der Waals surface area contributed by atoms with Crippen molar-refractivity contribution in [3.05, 3.63) is 60.7 Å². The number of rotatable bonds is 4. The molecule has 1 amide bonds. The van der Waals surface area contributed by atoms with E-state index in [1.807, 2.05) is 17.0 Å². The average molecular weight is 366 g/mol. The van der Waals surface area contributed by atoms with E-state index in [-0.39, 0.29) is 18.3 Å². The van der Waals surface area contributed by atoms with E-state index in [9.17, 15) is 9.18 Å². The molecule has 6 nitrogen and oxygen atoms in total. The highest BCUT2D eigenvalue weighted by atomic mass is 19.1. The molecule has 4 rings (SSSR count). The normalized spacial score (nSPS) is 14.4. The number of halogens is 1. The van der Waals surface area contributed by atoms with Gasteiger partial charge in [0, 0.05) is 44.6 Å². The number of nitrogens with zero attached hydrogens (tertiary/aromatic N) is 4. The number of benzene rings is 2. The molecule has 2 heterocycles. The quantitative estimate of drug-likeness (QED) is 0.710. The standard InChI is InChI=1S/C20H19FN4O2/c21-16-3-1-2-4-19(16)24-9-11-25(12-10-24)20(26)14-27-15-5-6-17-18(13-15)23-8-7-22-17/h1-8,13H,9-12,14H2. The molecule has 0 unspecified atom stereocenters. The van der Waals surface area contributed by atoms with E-state index >= 15 is 0 Å². The number of hydrogen-bond donors (Lipinski definition) is 0. The SMILES string of the molecule is O=C(COc1ccc2nccnc2c1)N1CCN(c2ccccc2F)CC1. The van der Waals surface area contributed by atoms with Crippen molar-refractivity contribution in [2.24, 2.45) is 0 Å². The van der Waals surface area contributed by atoms with E-state index in [2.05, 4.69) is 9.97 Å². The molecule has 0 saturated carbocycles. The zero-order valence-corrected chi connectivity index (χ0v) is 14.7. The minimum atomic E-state index is -0.236. The van der Waals surface area contributed by atoms with Crippen LogP contribution in [-0.4, -0.2) is 53.6 Å². The summed E-state index contributed by atoms with van der Waals surface area (Å²) in [5.41, 5.74) is 2.08. The lowest BCUT2D eigenvalue weighted by molar-refractivity contribution is -0.133. The van der Waals surface area contributed by atoms with Crippen LogP contribution in [0.3, 0.4) is 0 Å². The minimum Gasteiger partial charge on any atom is -0.484 e. The van der Waals surface area contributed by atoms with Crippen molar-refractivity contribution in [3.8, 4) is 5.75 Å². The molecule has 0 spiro atoms. The summed E-state index contributed by atoms with van der Waals surface area (Å²) in [6, 6.07) is 12.1. The number of carbonyl (C=O) groups is 1. The third kappa shape index (κ3) is 3.81. The van der Waals surface area contributed by atoms with E-state index in [0.717, 1.165) is 11.0 Å². The van der Waals surface area contributed by atoms with E-state index in [1.165, 1.54) is 6.07 Å². The molecule has 0 aliphatic carbocycles. The minimum absolute atomic E-state index is 0.0362. The maximum Gasteiger partial charge on any atom is 0.260 e.